The van der Waals surface area contributed by atoms with E-state index in [4.69, 9.17) is 4.74 Å². The summed E-state index contributed by atoms with van der Waals surface area (Å²) in [6.45, 7) is 2.97. The zero-order chi connectivity index (χ0) is 15.5. The van der Waals surface area contributed by atoms with Crippen LogP contribution in [0, 0.1) is 0 Å². The summed E-state index contributed by atoms with van der Waals surface area (Å²) in [6, 6.07) is 17.6. The molecule has 23 heavy (non-hydrogen) atoms. The highest BCUT2D eigenvalue weighted by atomic mass is 35.5. The summed E-state index contributed by atoms with van der Waals surface area (Å²) in [6.07, 6.45) is 2.37. The van der Waals surface area contributed by atoms with E-state index in [1.165, 1.54) is 23.1 Å². The Labute approximate surface area is 145 Å². The topological polar surface area (TPSA) is 12.5 Å². The normalized spacial score (nSPS) is 19.8. The predicted molar refractivity (Wildman–Crippen MR) is 98.7 cm³/mol. The van der Waals surface area contributed by atoms with Crippen molar-refractivity contribution in [1.82, 2.24) is 4.90 Å². The van der Waals surface area contributed by atoms with Crippen LogP contribution < -0.4 is 4.74 Å². The van der Waals surface area contributed by atoms with Gasteiger partial charge in [-0.25, -0.2) is 0 Å². The van der Waals surface area contributed by atoms with E-state index in [1.807, 2.05) is 6.07 Å². The van der Waals surface area contributed by atoms with Gasteiger partial charge in [0.15, 0.2) is 0 Å². The zero-order valence-electron chi connectivity index (χ0n) is 14.2. The number of rotatable bonds is 4. The van der Waals surface area contributed by atoms with Crippen LogP contribution in [0.4, 0.5) is 0 Å². The van der Waals surface area contributed by atoms with Crippen molar-refractivity contribution < 1.29 is 4.74 Å². The third kappa shape index (κ3) is 4.07. The molecule has 0 N–H and O–H groups in total. The molecule has 2 aromatic rings. The molecule has 0 bridgehead atoms. The van der Waals surface area contributed by atoms with Gasteiger partial charge in [0.1, 0.15) is 12.4 Å². The van der Waals surface area contributed by atoms with Crippen molar-refractivity contribution in [2.45, 2.75) is 38.3 Å². The fraction of sp³-hybridized carbons (Fsp3) is 0.400. The molecule has 0 spiro atoms. The zero-order valence-corrected chi connectivity index (χ0v) is 15.0. The molecule has 0 aliphatic heterocycles. The number of hydrogen-bond donors (Lipinski definition) is 0. The van der Waals surface area contributed by atoms with Gasteiger partial charge in [0.25, 0.3) is 0 Å². The van der Waals surface area contributed by atoms with Crippen LogP contribution in [0.2, 0.25) is 0 Å². The third-order valence-corrected chi connectivity index (χ3v) is 4.80. The Morgan fingerprint density at radius 3 is 2.52 bits per heavy atom. The van der Waals surface area contributed by atoms with Crippen molar-refractivity contribution >= 4 is 12.4 Å². The van der Waals surface area contributed by atoms with E-state index in [-0.39, 0.29) is 12.4 Å². The highest BCUT2D eigenvalue weighted by molar-refractivity contribution is 5.85. The van der Waals surface area contributed by atoms with Crippen LogP contribution >= 0.6 is 12.4 Å². The van der Waals surface area contributed by atoms with E-state index in [9.17, 15) is 0 Å². The van der Waals surface area contributed by atoms with Crippen LogP contribution in [-0.2, 0) is 13.0 Å². The minimum absolute atomic E-state index is 0. The minimum atomic E-state index is 0. The van der Waals surface area contributed by atoms with Gasteiger partial charge in [-0.15, -0.1) is 12.4 Å². The van der Waals surface area contributed by atoms with Crippen molar-refractivity contribution in [3.05, 3.63) is 65.2 Å². The third-order valence-electron chi connectivity index (χ3n) is 4.80. The summed E-state index contributed by atoms with van der Waals surface area (Å²) in [5, 5.41) is 0. The largest absolute Gasteiger partial charge is 0.489 e. The van der Waals surface area contributed by atoms with Crippen LogP contribution in [-0.4, -0.2) is 25.0 Å². The molecule has 3 rings (SSSR count). The average Bonchev–Trinajstić information content (AvgIpc) is 2.54. The Bertz CT molecular complexity index is 627. The molecule has 0 radical (unpaired) electrons. The highest BCUT2D eigenvalue weighted by Gasteiger charge is 2.27. The first kappa shape index (κ1) is 17.8. The van der Waals surface area contributed by atoms with Gasteiger partial charge in [-0.3, -0.25) is 0 Å². The van der Waals surface area contributed by atoms with Crippen molar-refractivity contribution in [3.8, 4) is 5.75 Å². The van der Waals surface area contributed by atoms with Crippen LogP contribution in [0.25, 0.3) is 0 Å². The maximum Gasteiger partial charge on any atom is 0.120 e. The van der Waals surface area contributed by atoms with Crippen LogP contribution in [0.15, 0.2) is 48.5 Å². The van der Waals surface area contributed by atoms with Crippen molar-refractivity contribution in [3.63, 3.8) is 0 Å². The standard InChI is InChI=1S/C20H25NO.ClH/c1-15-19-11-10-18(22-14-16-7-5-4-6-8-16)13-17(19)9-12-20(15)21(2)3;/h4-8,10-11,13,15,20H,9,12,14H2,1-3H3;1H. The lowest BCUT2D eigenvalue weighted by molar-refractivity contribution is 0.236. The summed E-state index contributed by atoms with van der Waals surface area (Å²) >= 11 is 0. The lowest BCUT2D eigenvalue weighted by Crippen LogP contribution is -2.36. The number of hydrogen-bond acceptors (Lipinski definition) is 2. The van der Waals surface area contributed by atoms with Gasteiger partial charge in [-0.2, -0.15) is 0 Å². The summed E-state index contributed by atoms with van der Waals surface area (Å²) in [4.78, 5) is 2.35. The molecular weight excluding hydrogens is 306 g/mol. The predicted octanol–water partition coefficient (Wildman–Crippen LogP) is 4.67. The highest BCUT2D eigenvalue weighted by Crippen LogP contribution is 2.35. The quantitative estimate of drug-likeness (QED) is 0.807. The monoisotopic (exact) mass is 331 g/mol. The molecule has 2 nitrogen and oxygen atoms in total. The van der Waals surface area contributed by atoms with Crippen LogP contribution in [0.1, 0.15) is 36.0 Å². The Morgan fingerprint density at radius 1 is 1.09 bits per heavy atom. The molecule has 2 atom stereocenters. The Kier molecular flexibility index (Phi) is 6.09. The van der Waals surface area contributed by atoms with Gasteiger partial charge in [0.2, 0.25) is 0 Å². The van der Waals surface area contributed by atoms with Crippen molar-refractivity contribution in [2.24, 2.45) is 0 Å². The fourth-order valence-corrected chi connectivity index (χ4v) is 3.54. The lowest BCUT2D eigenvalue weighted by atomic mass is 9.80. The van der Waals surface area contributed by atoms with Gasteiger partial charge in [-0.1, -0.05) is 43.3 Å². The first-order chi connectivity index (χ1) is 10.6. The van der Waals surface area contributed by atoms with Crippen LogP contribution in [0.5, 0.6) is 5.75 Å². The first-order valence-corrected chi connectivity index (χ1v) is 8.11. The molecule has 2 aromatic carbocycles. The number of ether oxygens (including phenoxy) is 1. The Hall–Kier alpha value is -1.51. The van der Waals surface area contributed by atoms with E-state index in [0.717, 1.165) is 12.2 Å². The van der Waals surface area contributed by atoms with Crippen LogP contribution in [0.3, 0.4) is 0 Å². The van der Waals surface area contributed by atoms with Gasteiger partial charge < -0.3 is 9.64 Å². The second-order valence-electron chi connectivity index (χ2n) is 6.49. The molecule has 0 saturated carbocycles. The van der Waals surface area contributed by atoms with Gasteiger partial charge in [0, 0.05) is 6.04 Å². The molecule has 0 amide bonds. The smallest absolute Gasteiger partial charge is 0.120 e. The molecular formula is C20H26ClNO. The summed E-state index contributed by atoms with van der Waals surface area (Å²) < 4.78 is 5.96. The van der Waals surface area contributed by atoms with E-state index >= 15 is 0 Å². The number of halogens is 1. The van der Waals surface area contributed by atoms with Gasteiger partial charge >= 0.3 is 0 Å². The van der Waals surface area contributed by atoms with Crippen molar-refractivity contribution in [2.75, 3.05) is 14.1 Å². The molecule has 1 aliphatic carbocycles. The Balaban J connectivity index is 0.00000192. The summed E-state index contributed by atoms with van der Waals surface area (Å²) in [5.41, 5.74) is 4.15. The number of aryl methyl sites for hydroxylation is 1. The molecule has 3 heteroatoms. The Morgan fingerprint density at radius 2 is 1.83 bits per heavy atom. The number of nitrogens with zero attached hydrogens (tertiary/aromatic N) is 1. The summed E-state index contributed by atoms with van der Waals surface area (Å²) in [7, 11) is 4.37. The molecule has 124 valence electrons. The second kappa shape index (κ2) is 7.85. The van der Waals surface area contributed by atoms with E-state index in [1.54, 1.807) is 0 Å². The summed E-state index contributed by atoms with van der Waals surface area (Å²) in [5.74, 6) is 1.57. The maximum absolute atomic E-state index is 5.96. The van der Waals surface area contributed by atoms with Gasteiger partial charge in [0.05, 0.1) is 0 Å². The van der Waals surface area contributed by atoms with E-state index in [0.29, 0.717) is 18.6 Å². The second-order valence-corrected chi connectivity index (χ2v) is 6.49. The van der Waals surface area contributed by atoms with Crippen molar-refractivity contribution in [1.29, 1.82) is 0 Å². The number of benzene rings is 2. The van der Waals surface area contributed by atoms with E-state index in [2.05, 4.69) is 68.4 Å². The average molecular weight is 332 g/mol. The lowest BCUT2D eigenvalue weighted by Gasteiger charge is -2.35. The molecule has 1 aliphatic rings. The van der Waals surface area contributed by atoms with Gasteiger partial charge in [-0.05, 0) is 61.7 Å². The molecule has 0 fully saturated rings. The SMILES string of the molecule is CC1c2ccc(OCc3ccccc3)cc2CCC1N(C)C.Cl. The first-order valence-electron chi connectivity index (χ1n) is 8.11. The number of fused-ring (bicyclic) bond motifs is 1. The minimum Gasteiger partial charge on any atom is -0.489 e. The molecule has 2 unspecified atom stereocenters. The molecule has 0 aromatic heterocycles. The fourth-order valence-electron chi connectivity index (χ4n) is 3.54. The van der Waals surface area contributed by atoms with E-state index < -0.39 is 0 Å². The molecule has 0 heterocycles. The number of likely N-dealkylation sites (N-methyl/N-ethyl adjacent to an activating group) is 1. The molecule has 0 saturated heterocycles. The maximum atomic E-state index is 5.96.